The molecule has 0 radical (unpaired) electrons. The molecule has 1 N–H and O–H groups in total. The monoisotopic (exact) mass is 316 g/mol. The Morgan fingerprint density at radius 1 is 1.33 bits per heavy atom. The Balaban J connectivity index is 2.31. The minimum atomic E-state index is -3.18. The number of nitrogens with zero attached hydrogens (tertiary/aromatic N) is 1. The van der Waals surface area contributed by atoms with Gasteiger partial charge in [0.25, 0.3) is 0 Å². The summed E-state index contributed by atoms with van der Waals surface area (Å²) in [5, 5.41) is 2.83. The summed E-state index contributed by atoms with van der Waals surface area (Å²) >= 11 is 0. The Morgan fingerprint density at radius 3 is 2.33 bits per heavy atom. The first-order valence-corrected chi connectivity index (χ1v) is 9.43. The number of rotatable bonds is 5. The van der Waals surface area contributed by atoms with Crippen LogP contribution in [0.5, 0.6) is 0 Å². The highest BCUT2D eigenvalue weighted by Crippen LogP contribution is 2.45. The average Bonchev–Trinajstić information content (AvgIpc) is 3.16. The van der Waals surface area contributed by atoms with Gasteiger partial charge in [-0.25, -0.2) is 8.42 Å². The second kappa shape index (κ2) is 5.26. The van der Waals surface area contributed by atoms with Crippen LogP contribution in [0.4, 0.5) is 0 Å². The van der Waals surface area contributed by atoms with Crippen LogP contribution in [0, 0.1) is 11.8 Å². The summed E-state index contributed by atoms with van der Waals surface area (Å²) in [6.45, 7) is 5.59. The zero-order valence-electron chi connectivity index (χ0n) is 13.0. The second-order valence-electron chi connectivity index (χ2n) is 6.74. The zero-order chi connectivity index (χ0) is 16.0. The van der Waals surface area contributed by atoms with E-state index in [1.54, 1.807) is 6.92 Å². The Morgan fingerprint density at radius 2 is 1.90 bits per heavy atom. The molecule has 1 saturated heterocycles. The molecular weight excluding hydrogens is 292 g/mol. The second-order valence-corrected chi connectivity index (χ2v) is 9.00. The molecule has 0 bridgehead atoms. The van der Waals surface area contributed by atoms with E-state index < -0.39 is 21.4 Å². The first kappa shape index (κ1) is 16.3. The highest BCUT2D eigenvalue weighted by molar-refractivity contribution is 7.90. The number of hydrogen-bond acceptors (Lipinski definition) is 4. The Bertz CT molecular complexity index is 553. The van der Waals surface area contributed by atoms with Gasteiger partial charge in [-0.3, -0.25) is 9.59 Å². The lowest BCUT2D eigenvalue weighted by atomic mass is 9.86. The van der Waals surface area contributed by atoms with Crippen molar-refractivity contribution in [3.63, 3.8) is 0 Å². The quantitative estimate of drug-likeness (QED) is 0.784. The van der Waals surface area contributed by atoms with Crippen LogP contribution in [0.1, 0.15) is 33.6 Å². The maximum Gasteiger partial charge on any atom is 0.246 e. The summed E-state index contributed by atoms with van der Waals surface area (Å²) in [7, 11) is -3.18. The van der Waals surface area contributed by atoms with E-state index in [9.17, 15) is 18.0 Å². The molecule has 1 aliphatic heterocycles. The summed E-state index contributed by atoms with van der Waals surface area (Å²) in [6.07, 6.45) is 2.95. The number of carbonyl (C=O) groups excluding carboxylic acids is 2. The van der Waals surface area contributed by atoms with E-state index in [0.29, 0.717) is 0 Å². The van der Waals surface area contributed by atoms with Crippen LogP contribution in [-0.4, -0.2) is 55.3 Å². The lowest BCUT2D eigenvalue weighted by Gasteiger charge is -2.47. The molecule has 6 nitrogen and oxygen atoms in total. The van der Waals surface area contributed by atoms with Gasteiger partial charge in [-0.05, 0) is 31.6 Å². The highest BCUT2D eigenvalue weighted by Gasteiger charge is 2.57. The lowest BCUT2D eigenvalue weighted by molar-refractivity contribution is -0.158. The number of hydrogen-bond donors (Lipinski definition) is 1. The first-order chi connectivity index (χ1) is 9.57. The smallest absolute Gasteiger partial charge is 0.246 e. The van der Waals surface area contributed by atoms with Crippen molar-refractivity contribution in [1.29, 1.82) is 0 Å². The lowest BCUT2D eigenvalue weighted by Crippen LogP contribution is -2.71. The molecular formula is C14H24N2O4S. The average molecular weight is 316 g/mol. The summed E-state index contributed by atoms with van der Waals surface area (Å²) in [5.41, 5.74) is -0.910. The number of sulfone groups is 1. The van der Waals surface area contributed by atoms with Gasteiger partial charge in [0.05, 0.1) is 5.75 Å². The maximum atomic E-state index is 12.7. The van der Waals surface area contributed by atoms with E-state index in [0.717, 1.165) is 19.1 Å². The molecule has 2 aliphatic rings. The fourth-order valence-electron chi connectivity index (χ4n) is 2.97. The molecule has 0 aromatic rings. The molecule has 1 aliphatic carbocycles. The molecule has 0 aromatic heterocycles. The van der Waals surface area contributed by atoms with Gasteiger partial charge < -0.3 is 10.2 Å². The maximum absolute atomic E-state index is 12.7. The Kier molecular flexibility index (Phi) is 4.08. The standard InChI is InChI=1S/C14H24N2O4S/c1-9(2)11-12(17)16(7-8-21(4,19)20)14(3,10-5-6-10)13(18)15-11/h9-11H,5-8H2,1-4H3,(H,15,18). The molecule has 0 aromatic carbocycles. The van der Waals surface area contributed by atoms with Gasteiger partial charge >= 0.3 is 0 Å². The van der Waals surface area contributed by atoms with E-state index >= 15 is 0 Å². The third-order valence-electron chi connectivity index (χ3n) is 4.56. The van der Waals surface area contributed by atoms with Crippen molar-refractivity contribution in [3.05, 3.63) is 0 Å². The van der Waals surface area contributed by atoms with Crippen molar-refractivity contribution in [2.45, 2.75) is 45.2 Å². The molecule has 0 spiro atoms. The third kappa shape index (κ3) is 3.07. The van der Waals surface area contributed by atoms with Crippen LogP contribution in [0.15, 0.2) is 0 Å². The van der Waals surface area contributed by atoms with Gasteiger partial charge in [-0.2, -0.15) is 0 Å². The molecule has 2 rings (SSSR count). The van der Waals surface area contributed by atoms with E-state index in [2.05, 4.69) is 5.32 Å². The highest BCUT2D eigenvalue weighted by atomic mass is 32.2. The van der Waals surface area contributed by atoms with Crippen molar-refractivity contribution in [1.82, 2.24) is 10.2 Å². The number of amides is 2. The van der Waals surface area contributed by atoms with Crippen molar-refractivity contribution >= 4 is 21.7 Å². The van der Waals surface area contributed by atoms with Gasteiger partial charge in [-0.15, -0.1) is 0 Å². The topological polar surface area (TPSA) is 83.6 Å². The fraction of sp³-hybridized carbons (Fsp3) is 0.857. The minimum absolute atomic E-state index is 0.0223. The molecule has 2 amide bonds. The molecule has 21 heavy (non-hydrogen) atoms. The van der Waals surface area contributed by atoms with Crippen molar-refractivity contribution in [2.75, 3.05) is 18.6 Å². The van der Waals surface area contributed by atoms with Crippen LogP contribution in [0.25, 0.3) is 0 Å². The normalized spacial score (nSPS) is 30.7. The minimum Gasteiger partial charge on any atom is -0.342 e. The predicted molar refractivity (Wildman–Crippen MR) is 79.3 cm³/mol. The van der Waals surface area contributed by atoms with Crippen molar-refractivity contribution < 1.29 is 18.0 Å². The number of piperazine rings is 1. The van der Waals surface area contributed by atoms with Crippen LogP contribution >= 0.6 is 0 Å². The Labute approximate surface area is 126 Å². The van der Waals surface area contributed by atoms with Gasteiger partial charge in [-0.1, -0.05) is 13.8 Å². The molecule has 2 fully saturated rings. The van der Waals surface area contributed by atoms with Crippen LogP contribution in [0.2, 0.25) is 0 Å². The van der Waals surface area contributed by atoms with Gasteiger partial charge in [0.1, 0.15) is 21.4 Å². The molecule has 1 saturated carbocycles. The largest absolute Gasteiger partial charge is 0.342 e. The Hall–Kier alpha value is -1.11. The van der Waals surface area contributed by atoms with Gasteiger partial charge in [0.15, 0.2) is 0 Å². The molecule has 7 heteroatoms. The summed E-state index contributed by atoms with van der Waals surface area (Å²) in [4.78, 5) is 26.7. The molecule has 1 heterocycles. The molecule has 2 unspecified atom stereocenters. The van der Waals surface area contributed by atoms with Gasteiger partial charge in [0.2, 0.25) is 11.8 Å². The zero-order valence-corrected chi connectivity index (χ0v) is 13.9. The SMILES string of the molecule is CC(C)C1NC(=O)C(C)(C2CC2)N(CCS(C)(=O)=O)C1=O. The third-order valence-corrected chi connectivity index (χ3v) is 5.49. The van der Waals surface area contributed by atoms with E-state index in [4.69, 9.17) is 0 Å². The first-order valence-electron chi connectivity index (χ1n) is 7.37. The fourth-order valence-corrected chi connectivity index (χ4v) is 3.49. The molecule has 2 atom stereocenters. The van der Waals surface area contributed by atoms with Crippen molar-refractivity contribution in [2.24, 2.45) is 11.8 Å². The number of carbonyl (C=O) groups is 2. The summed E-state index contributed by atoms with van der Waals surface area (Å²) < 4.78 is 22.9. The van der Waals surface area contributed by atoms with E-state index in [-0.39, 0.29) is 35.9 Å². The van der Waals surface area contributed by atoms with Crippen molar-refractivity contribution in [3.8, 4) is 0 Å². The van der Waals surface area contributed by atoms with Crippen LogP contribution < -0.4 is 5.32 Å². The van der Waals surface area contributed by atoms with E-state index in [1.165, 1.54) is 4.90 Å². The number of nitrogens with one attached hydrogen (secondary N) is 1. The van der Waals surface area contributed by atoms with E-state index in [1.807, 2.05) is 13.8 Å². The van der Waals surface area contributed by atoms with Crippen LogP contribution in [-0.2, 0) is 19.4 Å². The molecule has 120 valence electrons. The van der Waals surface area contributed by atoms with Crippen LogP contribution in [0.3, 0.4) is 0 Å². The predicted octanol–water partition coefficient (Wildman–Crippen LogP) is 0.183. The summed E-state index contributed by atoms with van der Waals surface area (Å²) in [6, 6.07) is -0.566. The van der Waals surface area contributed by atoms with Gasteiger partial charge in [0, 0.05) is 12.8 Å². The summed E-state index contributed by atoms with van der Waals surface area (Å²) in [5.74, 6) is -0.321.